The van der Waals surface area contributed by atoms with Crippen LogP contribution < -0.4 is 0 Å². The molecule has 0 aliphatic heterocycles. The van der Waals surface area contributed by atoms with E-state index in [1.807, 2.05) is 0 Å². The van der Waals surface area contributed by atoms with E-state index in [9.17, 15) is 0 Å². The zero-order valence-electron chi connectivity index (χ0n) is 7.58. The second-order valence-electron chi connectivity index (χ2n) is 3.98. The normalized spacial score (nSPS) is 15.3. The van der Waals surface area contributed by atoms with Gasteiger partial charge in [0.05, 0.1) is 0 Å². The van der Waals surface area contributed by atoms with Gasteiger partial charge in [0.1, 0.15) is 6.29 Å². The molecule has 10 heavy (non-hydrogen) atoms. The molecule has 0 nitrogen and oxygen atoms in total. The van der Waals surface area contributed by atoms with Gasteiger partial charge in [0.2, 0.25) is 0 Å². The molecule has 0 aromatic carbocycles. The smallest absolute Gasteiger partial charge is 0.115 e. The minimum Gasteiger partial charge on any atom is -0.123 e. The summed E-state index contributed by atoms with van der Waals surface area (Å²) < 4.78 is 0. The Labute approximate surface area is 79.6 Å². The molecule has 0 aliphatic rings. The highest BCUT2D eigenvalue weighted by Gasteiger charge is 2.22. The van der Waals surface area contributed by atoms with Gasteiger partial charge in [0.15, 0.2) is 0 Å². The van der Waals surface area contributed by atoms with E-state index in [0.717, 1.165) is 0 Å². The lowest BCUT2D eigenvalue weighted by Crippen LogP contribution is -2.17. The SMILES string of the molecule is CCCC[SiH](I)C(C)(C)C. The molecule has 0 radical (unpaired) electrons. The molecule has 0 fully saturated rings. The highest BCUT2D eigenvalue weighted by Crippen LogP contribution is 2.33. The fourth-order valence-electron chi connectivity index (χ4n) is 0.816. The summed E-state index contributed by atoms with van der Waals surface area (Å²) in [5.74, 6) is 0. The monoisotopic (exact) mass is 270 g/mol. The van der Waals surface area contributed by atoms with Gasteiger partial charge in [-0.2, -0.15) is 0 Å². The standard InChI is InChI=1S/C8H19ISi/c1-5-6-7-10(9)8(2,3)4/h10H,5-7H2,1-4H3. The summed E-state index contributed by atoms with van der Waals surface area (Å²) >= 11 is 2.71. The molecule has 1 atom stereocenters. The van der Waals surface area contributed by atoms with Crippen molar-refractivity contribution in [2.75, 3.05) is 0 Å². The quantitative estimate of drug-likeness (QED) is 0.416. The number of rotatable bonds is 3. The zero-order valence-corrected chi connectivity index (χ0v) is 10.9. The molecule has 0 rings (SSSR count). The van der Waals surface area contributed by atoms with E-state index in [4.69, 9.17) is 0 Å². The van der Waals surface area contributed by atoms with Crippen LogP contribution in [0.4, 0.5) is 0 Å². The van der Waals surface area contributed by atoms with Gasteiger partial charge in [-0.15, -0.1) is 21.8 Å². The summed E-state index contributed by atoms with van der Waals surface area (Å²) in [4.78, 5) is 0. The van der Waals surface area contributed by atoms with Crippen molar-refractivity contribution >= 4 is 28.1 Å². The zero-order chi connectivity index (χ0) is 8.20. The maximum Gasteiger partial charge on any atom is 0.115 e. The van der Waals surface area contributed by atoms with E-state index >= 15 is 0 Å². The molecule has 0 aliphatic carbocycles. The van der Waals surface area contributed by atoms with E-state index < -0.39 is 6.29 Å². The second-order valence-corrected chi connectivity index (χ2v) is 11.7. The number of hydrogen-bond acceptors (Lipinski definition) is 0. The molecule has 0 amide bonds. The Balaban J connectivity index is 3.52. The molecule has 0 bridgehead atoms. The predicted octanol–water partition coefficient (Wildman–Crippen LogP) is 3.75. The van der Waals surface area contributed by atoms with Gasteiger partial charge in [0.25, 0.3) is 0 Å². The summed E-state index contributed by atoms with van der Waals surface area (Å²) in [6.45, 7) is 9.42. The first-order valence-corrected chi connectivity index (χ1v) is 9.69. The average molecular weight is 270 g/mol. The summed E-state index contributed by atoms with van der Waals surface area (Å²) in [7, 11) is 0. The van der Waals surface area contributed by atoms with Crippen LogP contribution in [0, 0.1) is 0 Å². The van der Waals surface area contributed by atoms with Crippen LogP contribution in [-0.2, 0) is 0 Å². The van der Waals surface area contributed by atoms with Gasteiger partial charge in [0, 0.05) is 0 Å². The first-order chi connectivity index (χ1) is 4.48. The molecule has 0 heterocycles. The highest BCUT2D eigenvalue weighted by molar-refractivity contribution is 14.1. The topological polar surface area (TPSA) is 0 Å². The molecule has 62 valence electrons. The van der Waals surface area contributed by atoms with Crippen molar-refractivity contribution in [1.29, 1.82) is 0 Å². The lowest BCUT2D eigenvalue weighted by molar-refractivity contribution is 0.736. The lowest BCUT2D eigenvalue weighted by atomic mass is 10.2. The van der Waals surface area contributed by atoms with E-state index in [-0.39, 0.29) is 0 Å². The van der Waals surface area contributed by atoms with Crippen molar-refractivity contribution in [3.63, 3.8) is 0 Å². The van der Waals surface area contributed by atoms with Gasteiger partial charge in [-0.1, -0.05) is 46.6 Å². The predicted molar refractivity (Wildman–Crippen MR) is 60.6 cm³/mol. The van der Waals surface area contributed by atoms with Crippen molar-refractivity contribution in [3.8, 4) is 0 Å². The van der Waals surface area contributed by atoms with Crippen LogP contribution in [0.3, 0.4) is 0 Å². The highest BCUT2D eigenvalue weighted by atomic mass is 127. The van der Waals surface area contributed by atoms with Crippen molar-refractivity contribution in [2.45, 2.75) is 51.6 Å². The molecule has 0 aromatic heterocycles. The number of hydrogen-bond donors (Lipinski definition) is 0. The summed E-state index contributed by atoms with van der Waals surface area (Å²) in [5.41, 5.74) is 0. The Morgan fingerprint density at radius 3 is 2.10 bits per heavy atom. The van der Waals surface area contributed by atoms with Gasteiger partial charge < -0.3 is 0 Å². The third-order valence-electron chi connectivity index (χ3n) is 1.75. The number of halogens is 1. The third kappa shape index (κ3) is 4.72. The van der Waals surface area contributed by atoms with Gasteiger partial charge in [-0.3, -0.25) is 0 Å². The lowest BCUT2D eigenvalue weighted by Gasteiger charge is -2.23. The first-order valence-electron chi connectivity index (χ1n) is 4.12. The van der Waals surface area contributed by atoms with Crippen LogP contribution in [0.15, 0.2) is 0 Å². The van der Waals surface area contributed by atoms with Crippen LogP contribution in [0.1, 0.15) is 40.5 Å². The Hall–Kier alpha value is 0.947. The van der Waals surface area contributed by atoms with Crippen molar-refractivity contribution in [3.05, 3.63) is 0 Å². The van der Waals surface area contributed by atoms with Crippen LogP contribution in [0.5, 0.6) is 0 Å². The molecule has 0 spiro atoms. The maximum atomic E-state index is 2.71. The van der Waals surface area contributed by atoms with Crippen LogP contribution in [0.25, 0.3) is 0 Å². The fourth-order valence-corrected chi connectivity index (χ4v) is 3.77. The number of unbranched alkanes of at least 4 members (excludes halogenated alkanes) is 1. The van der Waals surface area contributed by atoms with Crippen LogP contribution in [-0.4, -0.2) is 6.29 Å². The molecule has 0 aromatic rings. The third-order valence-corrected chi connectivity index (χ3v) is 12.0. The molecule has 0 saturated heterocycles. The Morgan fingerprint density at radius 1 is 1.30 bits per heavy atom. The molecule has 0 saturated carbocycles. The van der Waals surface area contributed by atoms with E-state index in [1.54, 1.807) is 0 Å². The molecule has 1 unspecified atom stereocenters. The van der Waals surface area contributed by atoms with Gasteiger partial charge in [-0.25, -0.2) is 0 Å². The van der Waals surface area contributed by atoms with Crippen molar-refractivity contribution < 1.29 is 0 Å². The fraction of sp³-hybridized carbons (Fsp3) is 1.00. The van der Waals surface area contributed by atoms with Gasteiger partial charge in [-0.05, 0) is 5.04 Å². The van der Waals surface area contributed by atoms with Crippen LogP contribution in [0.2, 0.25) is 11.1 Å². The van der Waals surface area contributed by atoms with E-state index in [0.29, 0.717) is 5.04 Å². The summed E-state index contributed by atoms with van der Waals surface area (Å²) in [6.07, 6.45) is 2.37. The minimum absolute atomic E-state index is 0.438. The van der Waals surface area contributed by atoms with Gasteiger partial charge >= 0.3 is 0 Å². The Morgan fingerprint density at radius 2 is 1.80 bits per heavy atom. The minimum atomic E-state index is -0.438. The summed E-state index contributed by atoms with van der Waals surface area (Å²) in [6, 6.07) is 1.51. The first kappa shape index (κ1) is 10.9. The molecule has 0 N–H and O–H groups in total. The van der Waals surface area contributed by atoms with Crippen LogP contribution >= 0.6 is 21.8 Å². The Bertz CT molecular complexity index is 85.7. The second kappa shape index (κ2) is 4.75. The molecular weight excluding hydrogens is 251 g/mol. The molecular formula is C8H19ISi. The largest absolute Gasteiger partial charge is 0.123 e. The molecule has 2 heteroatoms. The van der Waals surface area contributed by atoms with Crippen molar-refractivity contribution in [2.24, 2.45) is 0 Å². The van der Waals surface area contributed by atoms with E-state index in [2.05, 4.69) is 49.5 Å². The summed E-state index contributed by atoms with van der Waals surface area (Å²) in [5, 5.41) is 0.635. The Kier molecular flexibility index (Phi) is 5.20. The van der Waals surface area contributed by atoms with Crippen molar-refractivity contribution in [1.82, 2.24) is 0 Å². The average Bonchev–Trinajstić information content (AvgIpc) is 1.80. The van der Waals surface area contributed by atoms with E-state index in [1.165, 1.54) is 18.9 Å². The maximum absolute atomic E-state index is 2.71.